The maximum Gasteiger partial charge on any atom is 0.303 e. The zero-order valence-electron chi connectivity index (χ0n) is 11.8. The maximum atomic E-state index is 12.7. The van der Waals surface area contributed by atoms with Gasteiger partial charge in [0, 0.05) is 24.7 Å². The first kappa shape index (κ1) is 15.5. The molecule has 1 aromatic rings. The first-order valence-corrected chi connectivity index (χ1v) is 7.01. The fourth-order valence-corrected chi connectivity index (χ4v) is 2.39. The maximum absolute atomic E-state index is 12.7. The van der Waals surface area contributed by atoms with Gasteiger partial charge in [-0.25, -0.2) is 0 Å². The number of rotatable bonds is 6. The second-order valence-corrected chi connectivity index (χ2v) is 5.13. The zero-order valence-corrected chi connectivity index (χ0v) is 11.8. The smallest absolute Gasteiger partial charge is 0.303 e. The number of ether oxygens (including phenoxy) is 1. The predicted molar refractivity (Wildman–Crippen MR) is 77.9 cm³/mol. The third-order valence-electron chi connectivity index (χ3n) is 3.55. The molecule has 3 N–H and O–H groups in total. The molecule has 0 saturated carbocycles. The van der Waals surface area contributed by atoms with Crippen LogP contribution < -0.4 is 10.6 Å². The van der Waals surface area contributed by atoms with E-state index in [2.05, 4.69) is 0 Å². The van der Waals surface area contributed by atoms with Gasteiger partial charge in [-0.2, -0.15) is 0 Å². The second kappa shape index (κ2) is 7.19. The van der Waals surface area contributed by atoms with E-state index in [1.54, 1.807) is 4.90 Å². The van der Waals surface area contributed by atoms with Crippen LogP contribution in [0.15, 0.2) is 30.3 Å². The fourth-order valence-electron chi connectivity index (χ4n) is 2.39. The minimum absolute atomic E-state index is 0.0316. The monoisotopic (exact) mass is 292 g/mol. The lowest BCUT2D eigenvalue weighted by molar-refractivity contribution is -0.137. The van der Waals surface area contributed by atoms with E-state index in [9.17, 15) is 9.59 Å². The van der Waals surface area contributed by atoms with Crippen molar-refractivity contribution in [1.29, 1.82) is 0 Å². The molecule has 2 rings (SSSR count). The van der Waals surface area contributed by atoms with Gasteiger partial charge in [0.05, 0.1) is 19.1 Å². The minimum atomic E-state index is -0.864. The number of carboxylic acids is 1. The van der Waals surface area contributed by atoms with E-state index in [1.165, 1.54) is 0 Å². The molecule has 6 nitrogen and oxygen atoms in total. The summed E-state index contributed by atoms with van der Waals surface area (Å²) in [5, 5.41) is 8.75. The summed E-state index contributed by atoms with van der Waals surface area (Å²) < 4.78 is 5.25. The summed E-state index contributed by atoms with van der Waals surface area (Å²) in [5.74, 6) is -1.33. The van der Waals surface area contributed by atoms with E-state index < -0.39 is 5.97 Å². The number of hydrogen-bond acceptors (Lipinski definition) is 4. The fraction of sp³-hybridized carbons (Fsp3) is 0.467. The molecular weight excluding hydrogens is 272 g/mol. The normalized spacial score (nSPS) is 21.2. The molecule has 21 heavy (non-hydrogen) atoms. The van der Waals surface area contributed by atoms with E-state index >= 15 is 0 Å². The number of carbonyl (C=O) groups excluding carboxylic acids is 1. The van der Waals surface area contributed by atoms with E-state index in [1.807, 2.05) is 30.3 Å². The van der Waals surface area contributed by atoms with Gasteiger partial charge in [-0.1, -0.05) is 18.2 Å². The van der Waals surface area contributed by atoms with Crippen molar-refractivity contribution in [3.8, 4) is 0 Å². The Balaban J connectivity index is 2.11. The number of carbonyl (C=O) groups is 2. The molecule has 0 radical (unpaired) electrons. The van der Waals surface area contributed by atoms with Crippen LogP contribution in [-0.2, 0) is 14.3 Å². The van der Waals surface area contributed by atoms with Gasteiger partial charge in [0.2, 0.25) is 5.91 Å². The Morgan fingerprint density at radius 1 is 1.29 bits per heavy atom. The number of amides is 1. The Labute approximate surface area is 123 Å². The molecule has 1 amide bonds. The van der Waals surface area contributed by atoms with Gasteiger partial charge in [0.1, 0.15) is 0 Å². The highest BCUT2D eigenvalue weighted by Gasteiger charge is 2.34. The molecule has 1 aromatic carbocycles. The average Bonchev–Trinajstić information content (AvgIpc) is 2.90. The third kappa shape index (κ3) is 4.03. The molecule has 0 aromatic heterocycles. The summed E-state index contributed by atoms with van der Waals surface area (Å²) in [6, 6.07) is 8.92. The molecular formula is C15H20N2O4. The number of para-hydroxylation sites is 1. The van der Waals surface area contributed by atoms with E-state index in [-0.39, 0.29) is 24.3 Å². The van der Waals surface area contributed by atoms with E-state index in [4.69, 9.17) is 15.6 Å². The Morgan fingerprint density at radius 2 is 2.00 bits per heavy atom. The van der Waals surface area contributed by atoms with Gasteiger partial charge in [0.25, 0.3) is 0 Å². The standard InChI is InChI=1S/C15H20N2O4/c16-13-10-21-9-12(13)15(20)17(8-4-7-14(18)19)11-5-2-1-3-6-11/h1-3,5-6,12-13H,4,7-10,16H2,(H,18,19). The van der Waals surface area contributed by atoms with Crippen molar-refractivity contribution in [2.75, 3.05) is 24.7 Å². The summed E-state index contributed by atoms with van der Waals surface area (Å²) in [6.07, 6.45) is 0.433. The quantitative estimate of drug-likeness (QED) is 0.811. The number of aliphatic carboxylic acids is 1. The van der Waals surface area contributed by atoms with Gasteiger partial charge in [-0.3, -0.25) is 9.59 Å². The molecule has 2 atom stereocenters. The molecule has 114 valence electrons. The molecule has 1 saturated heterocycles. The number of hydrogen-bond donors (Lipinski definition) is 2. The summed E-state index contributed by atoms with van der Waals surface area (Å²) in [5.41, 5.74) is 6.66. The molecule has 2 unspecified atom stereocenters. The van der Waals surface area contributed by atoms with Crippen molar-refractivity contribution in [2.24, 2.45) is 11.7 Å². The first-order chi connectivity index (χ1) is 10.1. The van der Waals surface area contributed by atoms with Crippen LogP contribution in [0.4, 0.5) is 5.69 Å². The van der Waals surface area contributed by atoms with Crippen molar-refractivity contribution in [3.05, 3.63) is 30.3 Å². The van der Waals surface area contributed by atoms with Crippen molar-refractivity contribution in [2.45, 2.75) is 18.9 Å². The molecule has 0 spiro atoms. The predicted octanol–water partition coefficient (Wildman–Crippen LogP) is 0.858. The van der Waals surface area contributed by atoms with Crippen LogP contribution in [0.5, 0.6) is 0 Å². The van der Waals surface area contributed by atoms with Crippen LogP contribution in [0.25, 0.3) is 0 Å². The van der Waals surface area contributed by atoms with Crippen LogP contribution in [0, 0.1) is 5.92 Å². The highest BCUT2D eigenvalue weighted by atomic mass is 16.5. The van der Waals surface area contributed by atoms with Gasteiger partial charge >= 0.3 is 5.97 Å². The zero-order chi connectivity index (χ0) is 15.2. The molecule has 1 aliphatic heterocycles. The van der Waals surface area contributed by atoms with Crippen LogP contribution in [0.2, 0.25) is 0 Å². The molecule has 1 aliphatic rings. The summed E-state index contributed by atoms with van der Waals surface area (Å²) >= 11 is 0. The SMILES string of the molecule is NC1COCC1C(=O)N(CCCC(=O)O)c1ccccc1. The lowest BCUT2D eigenvalue weighted by Crippen LogP contribution is -2.44. The number of nitrogens with zero attached hydrogens (tertiary/aromatic N) is 1. The van der Waals surface area contributed by atoms with Crippen LogP contribution in [0.1, 0.15) is 12.8 Å². The van der Waals surface area contributed by atoms with E-state index in [0.29, 0.717) is 26.2 Å². The lowest BCUT2D eigenvalue weighted by atomic mass is 10.0. The Kier molecular flexibility index (Phi) is 5.30. The van der Waals surface area contributed by atoms with Crippen LogP contribution in [0.3, 0.4) is 0 Å². The number of nitrogens with two attached hydrogens (primary N) is 1. The molecule has 6 heteroatoms. The number of carboxylic acid groups (broad SMARTS) is 1. The average molecular weight is 292 g/mol. The van der Waals surface area contributed by atoms with Gasteiger partial charge in [-0.15, -0.1) is 0 Å². The largest absolute Gasteiger partial charge is 0.481 e. The molecule has 0 bridgehead atoms. The van der Waals surface area contributed by atoms with Gasteiger partial charge in [-0.05, 0) is 18.6 Å². The van der Waals surface area contributed by atoms with Crippen molar-refractivity contribution < 1.29 is 19.4 Å². The Bertz CT molecular complexity index is 492. The first-order valence-electron chi connectivity index (χ1n) is 7.01. The van der Waals surface area contributed by atoms with Crippen molar-refractivity contribution in [3.63, 3.8) is 0 Å². The summed E-state index contributed by atoms with van der Waals surface area (Å²) in [6.45, 7) is 1.06. The third-order valence-corrected chi connectivity index (χ3v) is 3.55. The van der Waals surface area contributed by atoms with Gasteiger partial charge in [0.15, 0.2) is 0 Å². The highest BCUT2D eigenvalue weighted by Crippen LogP contribution is 2.21. The van der Waals surface area contributed by atoms with E-state index in [0.717, 1.165) is 5.69 Å². The number of anilines is 1. The lowest BCUT2D eigenvalue weighted by Gasteiger charge is -2.26. The van der Waals surface area contributed by atoms with Crippen molar-refractivity contribution in [1.82, 2.24) is 0 Å². The molecule has 0 aliphatic carbocycles. The topological polar surface area (TPSA) is 92.9 Å². The van der Waals surface area contributed by atoms with Crippen LogP contribution in [-0.4, -0.2) is 42.8 Å². The molecule has 1 fully saturated rings. The molecule has 1 heterocycles. The second-order valence-electron chi connectivity index (χ2n) is 5.13. The minimum Gasteiger partial charge on any atom is -0.481 e. The Morgan fingerprint density at radius 3 is 2.57 bits per heavy atom. The Hall–Kier alpha value is -1.92. The summed E-state index contributed by atoms with van der Waals surface area (Å²) in [4.78, 5) is 24.9. The highest BCUT2D eigenvalue weighted by molar-refractivity contribution is 5.95. The number of benzene rings is 1. The van der Waals surface area contributed by atoms with Crippen LogP contribution >= 0.6 is 0 Å². The van der Waals surface area contributed by atoms with Crippen molar-refractivity contribution >= 4 is 17.6 Å². The summed E-state index contributed by atoms with van der Waals surface area (Å²) in [7, 11) is 0. The van der Waals surface area contributed by atoms with Gasteiger partial charge < -0.3 is 20.5 Å².